The number of thioether (sulfide) groups is 1. The number of amides is 2. The number of aromatic nitrogens is 2. The van der Waals surface area contributed by atoms with Crippen LogP contribution in [0, 0.1) is 0 Å². The molecule has 10 heteroatoms. The molecule has 3 aromatic rings. The van der Waals surface area contributed by atoms with E-state index in [-0.39, 0.29) is 29.8 Å². The van der Waals surface area contributed by atoms with E-state index in [0.717, 1.165) is 36.9 Å². The highest BCUT2D eigenvalue weighted by Crippen LogP contribution is 2.35. The molecule has 0 radical (unpaired) electrons. The van der Waals surface area contributed by atoms with Crippen molar-refractivity contribution in [2.75, 3.05) is 0 Å². The molecule has 194 valence electrons. The van der Waals surface area contributed by atoms with Gasteiger partial charge in [-0.2, -0.15) is 0 Å². The van der Waals surface area contributed by atoms with Crippen LogP contribution in [-0.2, 0) is 15.3 Å². The smallest absolute Gasteiger partial charge is 0.259 e. The Bertz CT molecular complexity index is 1520. The second kappa shape index (κ2) is 10.5. The largest absolute Gasteiger partial charge is 0.353 e. The Morgan fingerprint density at radius 2 is 1.87 bits per heavy atom. The van der Waals surface area contributed by atoms with Gasteiger partial charge in [0.15, 0.2) is 5.17 Å². The third-order valence-corrected chi connectivity index (χ3v) is 8.11. The summed E-state index contributed by atoms with van der Waals surface area (Å²) in [6, 6.07) is 14.1. The molecule has 4 heterocycles. The monoisotopic (exact) mass is 528 g/mol. The van der Waals surface area contributed by atoms with Crippen molar-refractivity contribution in [2.45, 2.75) is 62.8 Å². The average molecular weight is 529 g/mol. The molecule has 0 saturated heterocycles. The first kappa shape index (κ1) is 24.5. The summed E-state index contributed by atoms with van der Waals surface area (Å²) < 4.78 is 1.49. The SMILES string of the molecule is O=C(CCC1N=C2c3ccccc3N=C(SCc3cc(=O)n4ccccc4n3)N2C1=O)NC1CCCCC1. The zero-order valence-corrected chi connectivity index (χ0v) is 21.7. The van der Waals surface area contributed by atoms with Gasteiger partial charge in [0.1, 0.15) is 17.5 Å². The number of carbonyl (C=O) groups is 2. The first-order valence-electron chi connectivity index (χ1n) is 13.1. The zero-order valence-electron chi connectivity index (χ0n) is 20.9. The molecule has 3 aliphatic rings. The number of hydrogen-bond donors (Lipinski definition) is 1. The Morgan fingerprint density at radius 3 is 2.74 bits per heavy atom. The lowest BCUT2D eigenvalue weighted by Crippen LogP contribution is -2.41. The van der Waals surface area contributed by atoms with Gasteiger partial charge in [-0.25, -0.2) is 14.9 Å². The van der Waals surface area contributed by atoms with Crippen LogP contribution in [-0.4, -0.2) is 49.2 Å². The molecule has 0 bridgehead atoms. The number of fused-ring (bicyclic) bond motifs is 4. The van der Waals surface area contributed by atoms with Gasteiger partial charge in [0.25, 0.3) is 11.5 Å². The fourth-order valence-corrected chi connectivity index (χ4v) is 6.11. The highest BCUT2D eigenvalue weighted by atomic mass is 32.2. The van der Waals surface area contributed by atoms with Gasteiger partial charge in [-0.1, -0.05) is 49.2 Å². The van der Waals surface area contributed by atoms with Crippen molar-refractivity contribution in [1.82, 2.24) is 19.6 Å². The van der Waals surface area contributed by atoms with Gasteiger partial charge in [0.05, 0.1) is 11.4 Å². The van der Waals surface area contributed by atoms with E-state index in [2.05, 4.69) is 10.3 Å². The minimum atomic E-state index is -0.637. The average Bonchev–Trinajstić information content (AvgIpc) is 3.27. The molecule has 2 aromatic heterocycles. The van der Waals surface area contributed by atoms with E-state index in [4.69, 9.17) is 9.98 Å². The molecule has 1 unspecified atom stereocenters. The molecular weight excluding hydrogens is 500 g/mol. The first-order valence-corrected chi connectivity index (χ1v) is 14.0. The summed E-state index contributed by atoms with van der Waals surface area (Å²) in [5, 5.41) is 3.62. The lowest BCUT2D eigenvalue weighted by Gasteiger charge is -2.25. The van der Waals surface area contributed by atoms with Crippen LogP contribution in [0.15, 0.2) is 69.5 Å². The van der Waals surface area contributed by atoms with Gasteiger partial charge >= 0.3 is 0 Å². The summed E-state index contributed by atoms with van der Waals surface area (Å²) in [5.41, 5.74) is 2.54. The number of nitrogens with zero attached hydrogens (tertiary/aromatic N) is 5. The number of aliphatic imine (C=N–C) groups is 2. The molecule has 38 heavy (non-hydrogen) atoms. The summed E-state index contributed by atoms with van der Waals surface area (Å²) >= 11 is 1.35. The van der Waals surface area contributed by atoms with Crippen LogP contribution >= 0.6 is 11.8 Å². The van der Waals surface area contributed by atoms with Gasteiger partial charge in [-0.15, -0.1) is 0 Å². The van der Waals surface area contributed by atoms with E-state index >= 15 is 0 Å². The summed E-state index contributed by atoms with van der Waals surface area (Å²) in [6.07, 6.45) is 7.87. The summed E-state index contributed by atoms with van der Waals surface area (Å²) in [6.45, 7) is 0. The molecule has 1 aliphatic carbocycles. The number of nitrogens with one attached hydrogen (secondary N) is 1. The van der Waals surface area contributed by atoms with E-state index in [0.29, 0.717) is 34.5 Å². The standard InChI is InChI=1S/C28H28N6O3S/c35-24(30-18-8-2-1-3-9-18)14-13-22-27(37)34-26(31-22)20-10-4-5-11-21(20)32-28(34)38-17-19-16-25(36)33-15-7-6-12-23(33)29-19/h4-7,10-12,15-16,18,22H,1-3,8-9,13-14,17H2,(H,30,35). The van der Waals surface area contributed by atoms with Gasteiger partial charge in [-0.3, -0.25) is 23.8 Å². The molecule has 0 spiro atoms. The Balaban J connectivity index is 1.19. The third kappa shape index (κ3) is 4.88. The highest BCUT2D eigenvalue weighted by molar-refractivity contribution is 8.13. The fourth-order valence-electron chi connectivity index (χ4n) is 5.22. The minimum absolute atomic E-state index is 0.0212. The van der Waals surface area contributed by atoms with E-state index < -0.39 is 6.04 Å². The van der Waals surface area contributed by atoms with Crippen molar-refractivity contribution in [3.05, 3.63) is 76.3 Å². The fraction of sp³-hybridized carbons (Fsp3) is 0.357. The lowest BCUT2D eigenvalue weighted by molar-refractivity contribution is -0.125. The van der Waals surface area contributed by atoms with Crippen LogP contribution in [0.25, 0.3) is 5.65 Å². The number of para-hydroxylation sites is 1. The Labute approximate surface area is 224 Å². The lowest BCUT2D eigenvalue weighted by atomic mass is 9.95. The molecule has 1 aromatic carbocycles. The number of carbonyl (C=O) groups excluding carboxylic acids is 2. The van der Waals surface area contributed by atoms with Crippen molar-refractivity contribution in [3.63, 3.8) is 0 Å². The third-order valence-electron chi connectivity index (χ3n) is 7.14. The van der Waals surface area contributed by atoms with Gasteiger partial charge < -0.3 is 5.32 Å². The molecule has 2 amide bonds. The Kier molecular flexibility index (Phi) is 6.80. The molecule has 2 aliphatic heterocycles. The molecule has 1 atom stereocenters. The number of hydrogen-bond acceptors (Lipinski definition) is 7. The topological polar surface area (TPSA) is 108 Å². The first-order chi connectivity index (χ1) is 18.6. The molecular formula is C28H28N6O3S. The zero-order chi connectivity index (χ0) is 26.1. The maximum atomic E-state index is 13.5. The predicted octanol–water partition coefficient (Wildman–Crippen LogP) is 3.82. The van der Waals surface area contributed by atoms with Gasteiger partial charge in [-0.05, 0) is 43.5 Å². The minimum Gasteiger partial charge on any atom is -0.353 e. The number of rotatable bonds is 6. The Morgan fingerprint density at radius 1 is 1.05 bits per heavy atom. The number of benzene rings is 1. The van der Waals surface area contributed by atoms with Crippen LogP contribution in [0.1, 0.15) is 56.2 Å². The van der Waals surface area contributed by atoms with Crippen molar-refractivity contribution < 1.29 is 9.59 Å². The maximum absolute atomic E-state index is 13.5. The van der Waals surface area contributed by atoms with Crippen LogP contribution < -0.4 is 10.9 Å². The van der Waals surface area contributed by atoms with E-state index in [9.17, 15) is 14.4 Å². The number of amidine groups is 2. The van der Waals surface area contributed by atoms with Gasteiger partial charge in [0, 0.05) is 36.0 Å². The molecule has 1 saturated carbocycles. The van der Waals surface area contributed by atoms with Crippen molar-refractivity contribution in [1.29, 1.82) is 0 Å². The summed E-state index contributed by atoms with van der Waals surface area (Å²) in [7, 11) is 0. The van der Waals surface area contributed by atoms with E-state index in [1.54, 1.807) is 23.2 Å². The van der Waals surface area contributed by atoms with Crippen molar-refractivity contribution in [3.8, 4) is 0 Å². The summed E-state index contributed by atoms with van der Waals surface area (Å²) in [4.78, 5) is 54.3. The molecule has 1 N–H and O–H groups in total. The summed E-state index contributed by atoms with van der Waals surface area (Å²) in [5.74, 6) is 0.727. The molecule has 6 rings (SSSR count). The van der Waals surface area contributed by atoms with Crippen LogP contribution in [0.5, 0.6) is 0 Å². The van der Waals surface area contributed by atoms with Crippen LogP contribution in [0.4, 0.5) is 5.69 Å². The highest BCUT2D eigenvalue weighted by Gasteiger charge is 2.41. The van der Waals surface area contributed by atoms with E-state index in [1.165, 1.54) is 28.6 Å². The molecule has 9 nitrogen and oxygen atoms in total. The second-order valence-electron chi connectivity index (χ2n) is 9.80. The van der Waals surface area contributed by atoms with Crippen molar-refractivity contribution >= 4 is 45.9 Å². The van der Waals surface area contributed by atoms with Gasteiger partial charge in [0.2, 0.25) is 5.91 Å². The van der Waals surface area contributed by atoms with Crippen LogP contribution in [0.2, 0.25) is 0 Å². The normalized spacial score (nSPS) is 19.1. The second-order valence-corrected chi connectivity index (χ2v) is 10.7. The predicted molar refractivity (Wildman–Crippen MR) is 148 cm³/mol. The number of pyridine rings is 1. The van der Waals surface area contributed by atoms with Crippen LogP contribution in [0.3, 0.4) is 0 Å². The van der Waals surface area contributed by atoms with Crippen molar-refractivity contribution in [2.24, 2.45) is 9.98 Å². The maximum Gasteiger partial charge on any atom is 0.259 e. The Hall–Kier alpha value is -3.79. The van der Waals surface area contributed by atoms with E-state index in [1.807, 2.05) is 30.3 Å². The quantitative estimate of drug-likeness (QED) is 0.523. The molecule has 1 fully saturated rings.